The molecular formula is C19H25N3O3. The fourth-order valence-electron chi connectivity index (χ4n) is 3.44. The lowest BCUT2D eigenvalue weighted by atomic mass is 9.99. The first-order valence-corrected chi connectivity index (χ1v) is 9.20. The summed E-state index contributed by atoms with van der Waals surface area (Å²) in [6.45, 7) is 4.42. The Kier molecular flexibility index (Phi) is 5.28. The van der Waals surface area contributed by atoms with Gasteiger partial charge >= 0.3 is 0 Å². The average molecular weight is 343 g/mol. The van der Waals surface area contributed by atoms with Crippen molar-refractivity contribution in [1.29, 1.82) is 0 Å². The van der Waals surface area contributed by atoms with Crippen LogP contribution >= 0.6 is 0 Å². The standard InChI is InChI=1S/C19H25N3O3/c1-5-20-6-2-14(1)12-24-16-9-18-17(11-21-13-22-18)19(10-16)25-15-3-7-23-8-4-15/h9-11,13-15,20H,1-8,12H2. The zero-order chi connectivity index (χ0) is 16.9. The summed E-state index contributed by atoms with van der Waals surface area (Å²) in [6, 6.07) is 3.97. The monoisotopic (exact) mass is 343 g/mol. The van der Waals surface area contributed by atoms with Crippen LogP contribution in [0.25, 0.3) is 10.9 Å². The molecule has 6 heteroatoms. The van der Waals surface area contributed by atoms with Crippen molar-refractivity contribution in [3.8, 4) is 11.5 Å². The van der Waals surface area contributed by atoms with E-state index in [9.17, 15) is 0 Å². The second-order valence-corrected chi connectivity index (χ2v) is 6.81. The molecule has 6 nitrogen and oxygen atoms in total. The summed E-state index contributed by atoms with van der Waals surface area (Å²) in [7, 11) is 0. The summed E-state index contributed by atoms with van der Waals surface area (Å²) < 4.78 is 17.8. The molecule has 2 aliphatic rings. The second-order valence-electron chi connectivity index (χ2n) is 6.81. The first-order valence-electron chi connectivity index (χ1n) is 9.20. The van der Waals surface area contributed by atoms with Crippen LogP contribution in [-0.4, -0.2) is 49.0 Å². The lowest BCUT2D eigenvalue weighted by molar-refractivity contribution is 0.0261. The van der Waals surface area contributed by atoms with Crippen LogP contribution in [0.1, 0.15) is 25.7 Å². The third-order valence-corrected chi connectivity index (χ3v) is 4.97. The molecule has 3 heterocycles. The van der Waals surface area contributed by atoms with Crippen LogP contribution < -0.4 is 14.8 Å². The van der Waals surface area contributed by atoms with Gasteiger partial charge in [0.1, 0.15) is 23.9 Å². The first-order chi connectivity index (χ1) is 12.4. The Morgan fingerprint density at radius 1 is 1.12 bits per heavy atom. The van der Waals surface area contributed by atoms with Crippen molar-refractivity contribution in [2.75, 3.05) is 32.9 Å². The molecule has 2 fully saturated rings. The molecule has 0 radical (unpaired) electrons. The number of rotatable bonds is 5. The van der Waals surface area contributed by atoms with Gasteiger partial charge in [-0.1, -0.05) is 0 Å². The zero-order valence-electron chi connectivity index (χ0n) is 14.4. The maximum absolute atomic E-state index is 6.25. The number of nitrogens with one attached hydrogen (secondary N) is 1. The van der Waals surface area contributed by atoms with Gasteiger partial charge in [-0.2, -0.15) is 0 Å². The van der Waals surface area contributed by atoms with Gasteiger partial charge in [0.05, 0.1) is 30.7 Å². The maximum atomic E-state index is 6.25. The molecule has 0 amide bonds. The van der Waals surface area contributed by atoms with Crippen LogP contribution in [0.4, 0.5) is 0 Å². The topological polar surface area (TPSA) is 65.5 Å². The highest BCUT2D eigenvalue weighted by atomic mass is 16.5. The van der Waals surface area contributed by atoms with E-state index < -0.39 is 0 Å². The van der Waals surface area contributed by atoms with E-state index in [0.29, 0.717) is 5.92 Å². The Labute approximate surface area is 147 Å². The Morgan fingerprint density at radius 3 is 2.80 bits per heavy atom. The van der Waals surface area contributed by atoms with Gasteiger partial charge in [-0.15, -0.1) is 0 Å². The molecule has 1 aromatic heterocycles. The molecule has 0 saturated carbocycles. The maximum Gasteiger partial charge on any atom is 0.134 e. The summed E-state index contributed by atoms with van der Waals surface area (Å²) in [6.07, 6.45) is 7.72. The number of fused-ring (bicyclic) bond motifs is 1. The lowest BCUT2D eigenvalue weighted by Crippen LogP contribution is -2.30. The molecule has 1 N–H and O–H groups in total. The molecular weight excluding hydrogens is 318 g/mol. The van der Waals surface area contributed by atoms with Crippen LogP contribution in [0.3, 0.4) is 0 Å². The van der Waals surface area contributed by atoms with E-state index in [-0.39, 0.29) is 6.10 Å². The van der Waals surface area contributed by atoms with Crippen LogP contribution in [-0.2, 0) is 4.74 Å². The SMILES string of the molecule is c1ncc2c(OC3CCOCC3)cc(OCC3CCNCC3)cc2n1. The van der Waals surface area contributed by atoms with Crippen LogP contribution in [0.15, 0.2) is 24.7 Å². The first kappa shape index (κ1) is 16.5. The number of aromatic nitrogens is 2. The molecule has 1 aromatic carbocycles. The Balaban J connectivity index is 1.52. The summed E-state index contributed by atoms with van der Waals surface area (Å²) in [5, 5.41) is 4.32. The normalized spacial score (nSPS) is 19.8. The van der Waals surface area contributed by atoms with Crippen LogP contribution in [0.2, 0.25) is 0 Å². The van der Waals surface area contributed by atoms with Crippen molar-refractivity contribution >= 4 is 10.9 Å². The molecule has 134 valence electrons. The minimum absolute atomic E-state index is 0.178. The Hall–Kier alpha value is -1.92. The second kappa shape index (κ2) is 7.97. The van der Waals surface area contributed by atoms with Crippen molar-refractivity contribution < 1.29 is 14.2 Å². The number of piperidine rings is 1. The molecule has 0 spiro atoms. The summed E-state index contributed by atoms with van der Waals surface area (Å²) >= 11 is 0. The molecule has 0 atom stereocenters. The Bertz CT molecular complexity index is 697. The van der Waals surface area contributed by atoms with Crippen LogP contribution in [0, 0.1) is 5.92 Å². The number of hydrogen-bond acceptors (Lipinski definition) is 6. The highest BCUT2D eigenvalue weighted by Crippen LogP contribution is 2.32. The van der Waals surface area contributed by atoms with E-state index in [1.165, 1.54) is 12.8 Å². The smallest absolute Gasteiger partial charge is 0.134 e. The largest absolute Gasteiger partial charge is 0.493 e. The van der Waals surface area contributed by atoms with E-state index >= 15 is 0 Å². The molecule has 2 aromatic rings. The predicted octanol–water partition coefficient (Wildman–Crippen LogP) is 2.57. The number of ether oxygens (including phenoxy) is 3. The fraction of sp³-hybridized carbons (Fsp3) is 0.579. The molecule has 2 saturated heterocycles. The van der Waals surface area contributed by atoms with E-state index in [2.05, 4.69) is 15.3 Å². The minimum Gasteiger partial charge on any atom is -0.493 e. The summed E-state index contributed by atoms with van der Waals surface area (Å²) in [4.78, 5) is 8.54. The van der Waals surface area contributed by atoms with Gasteiger partial charge in [-0.3, -0.25) is 0 Å². The van der Waals surface area contributed by atoms with Crippen molar-refractivity contribution in [3.05, 3.63) is 24.7 Å². The fourth-order valence-corrected chi connectivity index (χ4v) is 3.44. The molecule has 2 aliphatic heterocycles. The van der Waals surface area contributed by atoms with Gasteiger partial charge in [-0.25, -0.2) is 9.97 Å². The van der Waals surface area contributed by atoms with Gasteiger partial charge in [-0.05, 0) is 31.8 Å². The molecule has 25 heavy (non-hydrogen) atoms. The molecule has 0 bridgehead atoms. The van der Waals surface area contributed by atoms with Gasteiger partial charge < -0.3 is 19.5 Å². The minimum atomic E-state index is 0.178. The number of nitrogens with zero attached hydrogens (tertiary/aromatic N) is 2. The zero-order valence-corrected chi connectivity index (χ0v) is 14.4. The molecule has 0 unspecified atom stereocenters. The highest BCUT2D eigenvalue weighted by Gasteiger charge is 2.18. The van der Waals surface area contributed by atoms with Crippen LogP contribution in [0.5, 0.6) is 11.5 Å². The predicted molar refractivity (Wildman–Crippen MR) is 95.1 cm³/mol. The van der Waals surface area contributed by atoms with Gasteiger partial charge in [0, 0.05) is 31.2 Å². The molecule has 4 rings (SSSR count). The number of benzene rings is 1. The van der Waals surface area contributed by atoms with Crippen molar-refractivity contribution in [3.63, 3.8) is 0 Å². The summed E-state index contributed by atoms with van der Waals surface area (Å²) in [5.74, 6) is 2.25. The van der Waals surface area contributed by atoms with E-state index in [1.807, 2.05) is 18.3 Å². The summed E-state index contributed by atoms with van der Waals surface area (Å²) in [5.41, 5.74) is 0.861. The van der Waals surface area contributed by atoms with Crippen molar-refractivity contribution in [2.24, 2.45) is 5.92 Å². The van der Waals surface area contributed by atoms with E-state index in [4.69, 9.17) is 14.2 Å². The van der Waals surface area contributed by atoms with E-state index in [0.717, 1.165) is 68.2 Å². The number of hydrogen-bond donors (Lipinski definition) is 1. The van der Waals surface area contributed by atoms with Crippen molar-refractivity contribution in [2.45, 2.75) is 31.8 Å². The lowest BCUT2D eigenvalue weighted by Gasteiger charge is -2.25. The van der Waals surface area contributed by atoms with Crippen molar-refractivity contribution in [1.82, 2.24) is 15.3 Å². The average Bonchev–Trinajstić information content (AvgIpc) is 2.68. The highest BCUT2D eigenvalue weighted by molar-refractivity contribution is 5.85. The van der Waals surface area contributed by atoms with E-state index in [1.54, 1.807) is 6.33 Å². The third kappa shape index (κ3) is 4.19. The molecule has 0 aliphatic carbocycles. The quantitative estimate of drug-likeness (QED) is 0.900. The Morgan fingerprint density at radius 2 is 1.96 bits per heavy atom. The van der Waals surface area contributed by atoms with Gasteiger partial charge in [0.2, 0.25) is 0 Å². The third-order valence-electron chi connectivity index (χ3n) is 4.97. The van der Waals surface area contributed by atoms with Gasteiger partial charge in [0.25, 0.3) is 0 Å². The van der Waals surface area contributed by atoms with Gasteiger partial charge in [0.15, 0.2) is 0 Å².